The number of carbonyl (C=O) groups excluding carboxylic acids is 1. The third-order valence-electron chi connectivity index (χ3n) is 3.22. The van der Waals surface area contributed by atoms with Crippen molar-refractivity contribution in [1.82, 2.24) is 0 Å². The molecule has 100 valence electrons. The van der Waals surface area contributed by atoms with E-state index in [4.69, 9.17) is 4.74 Å². The number of hydrogen-bond donors (Lipinski definition) is 1. The average molecular weight is 250 g/mol. The molecule has 3 nitrogen and oxygen atoms in total. The summed E-state index contributed by atoms with van der Waals surface area (Å²) >= 11 is 0. The van der Waals surface area contributed by atoms with Crippen LogP contribution >= 0.6 is 0 Å². The molecule has 1 aromatic carbocycles. The lowest BCUT2D eigenvalue weighted by Crippen LogP contribution is -2.20. The highest BCUT2D eigenvalue weighted by Crippen LogP contribution is 2.20. The topological polar surface area (TPSA) is 46.5 Å². The fourth-order valence-corrected chi connectivity index (χ4v) is 1.77. The van der Waals surface area contributed by atoms with E-state index in [0.29, 0.717) is 5.92 Å². The molecule has 0 aromatic heterocycles. The molecule has 2 atom stereocenters. The summed E-state index contributed by atoms with van der Waals surface area (Å²) in [5.41, 5.74) is 0.236. The summed E-state index contributed by atoms with van der Waals surface area (Å²) in [5, 5.41) is 9.59. The molecule has 1 N–H and O–H groups in total. The maximum absolute atomic E-state index is 11.9. The minimum Gasteiger partial charge on any atom is -0.507 e. The minimum atomic E-state index is -0.441. The highest BCUT2D eigenvalue weighted by molar-refractivity contribution is 5.92. The summed E-state index contributed by atoms with van der Waals surface area (Å²) in [7, 11) is 0. The summed E-state index contributed by atoms with van der Waals surface area (Å²) in [6.45, 7) is 6.28. The molecule has 1 rings (SSSR count). The Morgan fingerprint density at radius 1 is 1.28 bits per heavy atom. The van der Waals surface area contributed by atoms with E-state index in [0.717, 1.165) is 19.3 Å². The molecule has 0 saturated heterocycles. The van der Waals surface area contributed by atoms with Crippen molar-refractivity contribution in [3.63, 3.8) is 0 Å². The fraction of sp³-hybridized carbons (Fsp3) is 0.533. The van der Waals surface area contributed by atoms with Gasteiger partial charge in [0.25, 0.3) is 0 Å². The summed E-state index contributed by atoms with van der Waals surface area (Å²) < 4.78 is 5.44. The van der Waals surface area contributed by atoms with Crippen LogP contribution in [-0.2, 0) is 4.74 Å². The van der Waals surface area contributed by atoms with Crippen LogP contribution in [0.1, 0.15) is 50.4 Å². The lowest BCUT2D eigenvalue weighted by atomic mass is 9.99. The number of carbonyl (C=O) groups is 1. The second kappa shape index (κ2) is 7.04. The molecule has 0 aliphatic heterocycles. The predicted molar refractivity (Wildman–Crippen MR) is 71.7 cm³/mol. The Balaban J connectivity index is 2.65. The molecular formula is C15H22O3. The Bertz CT molecular complexity index is 387. The quantitative estimate of drug-likeness (QED) is 0.782. The first-order valence-corrected chi connectivity index (χ1v) is 6.57. The molecule has 1 aromatic rings. The Hall–Kier alpha value is -1.51. The number of rotatable bonds is 6. The summed E-state index contributed by atoms with van der Waals surface area (Å²) in [6.07, 6.45) is 2.66. The van der Waals surface area contributed by atoms with Crippen LogP contribution in [0, 0.1) is 5.92 Å². The molecule has 0 heterocycles. The number of esters is 1. The van der Waals surface area contributed by atoms with Gasteiger partial charge in [-0.05, 0) is 30.9 Å². The first kappa shape index (κ1) is 14.6. The van der Waals surface area contributed by atoms with Gasteiger partial charge in [-0.15, -0.1) is 0 Å². The highest BCUT2D eigenvalue weighted by atomic mass is 16.5. The Morgan fingerprint density at radius 2 is 1.94 bits per heavy atom. The Labute approximate surface area is 109 Å². The standard InChI is InChI=1S/C15H22O3/c1-4-11(3)10-12(5-2)18-15(17)13-8-6-7-9-14(13)16/h6-9,11-12,16H,4-5,10H2,1-3H3. The van der Waals surface area contributed by atoms with Gasteiger partial charge in [0.1, 0.15) is 17.4 Å². The van der Waals surface area contributed by atoms with Crippen LogP contribution in [0.5, 0.6) is 5.75 Å². The lowest BCUT2D eigenvalue weighted by Gasteiger charge is -2.19. The third-order valence-corrected chi connectivity index (χ3v) is 3.22. The molecular weight excluding hydrogens is 228 g/mol. The average Bonchev–Trinajstić information content (AvgIpc) is 2.38. The maximum Gasteiger partial charge on any atom is 0.342 e. The molecule has 0 saturated carbocycles. The molecule has 0 fully saturated rings. The molecule has 0 amide bonds. The number of phenols is 1. The highest BCUT2D eigenvalue weighted by Gasteiger charge is 2.18. The van der Waals surface area contributed by atoms with Crippen LogP contribution < -0.4 is 0 Å². The van der Waals surface area contributed by atoms with Crippen molar-refractivity contribution in [2.75, 3.05) is 0 Å². The zero-order valence-electron chi connectivity index (χ0n) is 11.3. The van der Waals surface area contributed by atoms with E-state index in [9.17, 15) is 9.90 Å². The van der Waals surface area contributed by atoms with Crippen molar-refractivity contribution in [1.29, 1.82) is 0 Å². The second-order valence-corrected chi connectivity index (χ2v) is 4.70. The summed E-state index contributed by atoms with van der Waals surface area (Å²) in [5.74, 6) is 0.0660. The number of hydrogen-bond acceptors (Lipinski definition) is 3. The van der Waals surface area contributed by atoms with Crippen molar-refractivity contribution < 1.29 is 14.6 Å². The van der Waals surface area contributed by atoms with E-state index in [2.05, 4.69) is 13.8 Å². The molecule has 3 heteroatoms. The van der Waals surface area contributed by atoms with Crippen molar-refractivity contribution in [2.24, 2.45) is 5.92 Å². The van der Waals surface area contributed by atoms with Gasteiger partial charge < -0.3 is 9.84 Å². The van der Waals surface area contributed by atoms with Crippen LogP contribution in [-0.4, -0.2) is 17.2 Å². The predicted octanol–water partition coefficient (Wildman–Crippen LogP) is 3.76. The second-order valence-electron chi connectivity index (χ2n) is 4.70. The van der Waals surface area contributed by atoms with Gasteiger partial charge in [0.15, 0.2) is 0 Å². The number of para-hydroxylation sites is 1. The SMILES string of the molecule is CCC(C)CC(CC)OC(=O)c1ccccc1O. The van der Waals surface area contributed by atoms with Crippen LogP contribution in [0.25, 0.3) is 0 Å². The number of aromatic hydroxyl groups is 1. The molecule has 0 aliphatic rings. The molecule has 0 radical (unpaired) electrons. The summed E-state index contributed by atoms with van der Waals surface area (Å²) in [4.78, 5) is 11.9. The van der Waals surface area contributed by atoms with Gasteiger partial charge in [0.2, 0.25) is 0 Å². The van der Waals surface area contributed by atoms with Crippen LogP contribution in [0.3, 0.4) is 0 Å². The number of ether oxygens (including phenoxy) is 1. The van der Waals surface area contributed by atoms with E-state index in [1.54, 1.807) is 18.2 Å². The zero-order chi connectivity index (χ0) is 13.5. The van der Waals surface area contributed by atoms with E-state index in [1.165, 1.54) is 6.07 Å². The monoisotopic (exact) mass is 250 g/mol. The smallest absolute Gasteiger partial charge is 0.342 e. The van der Waals surface area contributed by atoms with Gasteiger partial charge in [-0.1, -0.05) is 39.3 Å². The molecule has 0 spiro atoms. The van der Waals surface area contributed by atoms with E-state index < -0.39 is 5.97 Å². The zero-order valence-corrected chi connectivity index (χ0v) is 11.3. The van der Waals surface area contributed by atoms with Crippen LogP contribution in [0.15, 0.2) is 24.3 Å². The first-order valence-electron chi connectivity index (χ1n) is 6.57. The number of phenolic OH excluding ortho intramolecular Hbond substituents is 1. The van der Waals surface area contributed by atoms with E-state index in [-0.39, 0.29) is 17.4 Å². The van der Waals surface area contributed by atoms with Crippen molar-refractivity contribution in [2.45, 2.75) is 46.1 Å². The Kier molecular flexibility index (Phi) is 5.69. The third kappa shape index (κ3) is 4.06. The van der Waals surface area contributed by atoms with Gasteiger partial charge in [-0.2, -0.15) is 0 Å². The molecule has 18 heavy (non-hydrogen) atoms. The van der Waals surface area contributed by atoms with Gasteiger partial charge in [0, 0.05) is 0 Å². The molecule has 2 unspecified atom stereocenters. The van der Waals surface area contributed by atoms with E-state index >= 15 is 0 Å². The molecule has 0 aliphatic carbocycles. The van der Waals surface area contributed by atoms with Crippen molar-refractivity contribution in [3.8, 4) is 5.75 Å². The van der Waals surface area contributed by atoms with Crippen LogP contribution in [0.4, 0.5) is 0 Å². The van der Waals surface area contributed by atoms with Gasteiger partial charge in [-0.3, -0.25) is 0 Å². The molecule has 0 bridgehead atoms. The number of benzene rings is 1. The normalized spacial score (nSPS) is 13.9. The van der Waals surface area contributed by atoms with Gasteiger partial charge in [0.05, 0.1) is 0 Å². The van der Waals surface area contributed by atoms with Crippen molar-refractivity contribution in [3.05, 3.63) is 29.8 Å². The fourth-order valence-electron chi connectivity index (χ4n) is 1.77. The summed E-state index contributed by atoms with van der Waals surface area (Å²) in [6, 6.07) is 6.47. The lowest BCUT2D eigenvalue weighted by molar-refractivity contribution is 0.0234. The Morgan fingerprint density at radius 3 is 2.50 bits per heavy atom. The first-order chi connectivity index (χ1) is 8.58. The van der Waals surface area contributed by atoms with Gasteiger partial charge in [-0.25, -0.2) is 4.79 Å². The van der Waals surface area contributed by atoms with Crippen LogP contribution in [0.2, 0.25) is 0 Å². The van der Waals surface area contributed by atoms with E-state index in [1.807, 2.05) is 6.92 Å². The largest absolute Gasteiger partial charge is 0.507 e. The van der Waals surface area contributed by atoms with Crippen molar-refractivity contribution >= 4 is 5.97 Å². The maximum atomic E-state index is 11.9. The minimum absolute atomic E-state index is 0.0270. The van der Waals surface area contributed by atoms with Gasteiger partial charge >= 0.3 is 5.97 Å².